The third-order valence-electron chi connectivity index (χ3n) is 1.52. The summed E-state index contributed by atoms with van der Waals surface area (Å²) in [7, 11) is 0. The smallest absolute Gasteiger partial charge is 0.241 e. The van der Waals surface area contributed by atoms with Gasteiger partial charge in [-0.15, -0.1) is 0 Å². The van der Waals surface area contributed by atoms with Gasteiger partial charge in [0.05, 0.1) is 0 Å². The van der Waals surface area contributed by atoms with Crippen molar-refractivity contribution in [2.45, 2.75) is 0 Å². The molecule has 1 rings (SSSR count). The average molecular weight is 193 g/mol. The second-order valence-corrected chi connectivity index (χ2v) is 2.67. The molecule has 0 aliphatic rings. The normalized spacial score (nSPS) is 10.4. The van der Waals surface area contributed by atoms with E-state index in [1.807, 2.05) is 0 Å². The first kappa shape index (κ1) is 10.1. The number of carbonyl (C=O) groups is 2. The molecule has 0 saturated carbocycles. The lowest BCUT2D eigenvalue weighted by atomic mass is 10.1. The lowest BCUT2D eigenvalue weighted by Gasteiger charge is -1.95. The fourth-order valence-electron chi connectivity index (χ4n) is 0.979. The second-order valence-electron chi connectivity index (χ2n) is 2.67. The SMILES string of the molecule is NC(=O)C=Cc1cc(F)cc(C=O)c1. The van der Waals surface area contributed by atoms with Gasteiger partial charge in [0, 0.05) is 11.6 Å². The van der Waals surface area contributed by atoms with Crippen LogP contribution in [0.2, 0.25) is 0 Å². The Morgan fingerprint density at radius 3 is 2.50 bits per heavy atom. The van der Waals surface area contributed by atoms with Gasteiger partial charge in [-0.05, 0) is 29.8 Å². The Bertz CT molecular complexity index is 399. The van der Waals surface area contributed by atoms with Crippen molar-refractivity contribution in [3.63, 3.8) is 0 Å². The summed E-state index contributed by atoms with van der Waals surface area (Å²) in [5.41, 5.74) is 5.50. The van der Waals surface area contributed by atoms with E-state index in [-0.39, 0.29) is 5.56 Å². The number of hydrogen-bond acceptors (Lipinski definition) is 2. The minimum atomic E-state index is -0.623. The van der Waals surface area contributed by atoms with Crippen LogP contribution >= 0.6 is 0 Å². The molecule has 0 aliphatic carbocycles. The number of amides is 1. The number of rotatable bonds is 3. The molecule has 1 amide bonds. The third kappa shape index (κ3) is 2.82. The fourth-order valence-corrected chi connectivity index (χ4v) is 0.979. The van der Waals surface area contributed by atoms with Crippen molar-refractivity contribution in [1.82, 2.24) is 0 Å². The van der Waals surface area contributed by atoms with Crippen LogP contribution in [-0.4, -0.2) is 12.2 Å². The lowest BCUT2D eigenvalue weighted by molar-refractivity contribution is -0.113. The molecule has 0 bridgehead atoms. The highest BCUT2D eigenvalue weighted by molar-refractivity contribution is 5.90. The Kier molecular flexibility index (Phi) is 3.12. The molecule has 2 N–H and O–H groups in total. The largest absolute Gasteiger partial charge is 0.366 e. The Balaban J connectivity index is 3.03. The Morgan fingerprint density at radius 1 is 1.29 bits per heavy atom. The summed E-state index contributed by atoms with van der Waals surface area (Å²) in [5, 5.41) is 0. The van der Waals surface area contributed by atoms with E-state index in [0.29, 0.717) is 11.8 Å². The Morgan fingerprint density at radius 2 is 1.93 bits per heavy atom. The van der Waals surface area contributed by atoms with Gasteiger partial charge in [0.2, 0.25) is 5.91 Å². The molecule has 0 unspecified atom stereocenters. The van der Waals surface area contributed by atoms with Gasteiger partial charge in [0.25, 0.3) is 0 Å². The van der Waals surface area contributed by atoms with Crippen LogP contribution in [0.4, 0.5) is 4.39 Å². The standard InChI is InChI=1S/C10H8FNO2/c11-9-4-7(1-2-10(12)14)3-8(5-9)6-13/h1-6H,(H2,12,14). The van der Waals surface area contributed by atoms with Crippen molar-refractivity contribution >= 4 is 18.3 Å². The van der Waals surface area contributed by atoms with Gasteiger partial charge in [-0.25, -0.2) is 4.39 Å². The first-order valence-electron chi connectivity index (χ1n) is 3.85. The van der Waals surface area contributed by atoms with Crippen LogP contribution in [0.15, 0.2) is 24.3 Å². The topological polar surface area (TPSA) is 60.2 Å². The zero-order valence-corrected chi connectivity index (χ0v) is 7.24. The molecule has 1 aromatic carbocycles. The number of aldehydes is 1. The number of hydrogen-bond donors (Lipinski definition) is 1. The maximum Gasteiger partial charge on any atom is 0.241 e. The lowest BCUT2D eigenvalue weighted by Crippen LogP contribution is -2.05. The summed E-state index contributed by atoms with van der Waals surface area (Å²) >= 11 is 0. The molecule has 0 aromatic heterocycles. The first-order valence-corrected chi connectivity index (χ1v) is 3.85. The van der Waals surface area contributed by atoms with Crippen LogP contribution in [0.25, 0.3) is 6.08 Å². The molecule has 4 heteroatoms. The van der Waals surface area contributed by atoms with Crippen molar-refractivity contribution in [2.24, 2.45) is 5.73 Å². The average Bonchev–Trinajstić information content (AvgIpc) is 2.14. The zero-order chi connectivity index (χ0) is 10.6. The summed E-state index contributed by atoms with van der Waals surface area (Å²) in [4.78, 5) is 20.8. The molecule has 1 aromatic rings. The Hall–Kier alpha value is -1.97. The molecule has 0 heterocycles. The molecule has 0 saturated heterocycles. The predicted molar refractivity (Wildman–Crippen MR) is 50.0 cm³/mol. The van der Waals surface area contributed by atoms with Crippen molar-refractivity contribution in [1.29, 1.82) is 0 Å². The molecule has 0 radical (unpaired) electrons. The van der Waals surface area contributed by atoms with Gasteiger partial charge < -0.3 is 5.73 Å². The highest BCUT2D eigenvalue weighted by Crippen LogP contribution is 2.09. The number of halogens is 1. The number of nitrogens with two attached hydrogens (primary N) is 1. The van der Waals surface area contributed by atoms with Crippen LogP contribution in [0, 0.1) is 5.82 Å². The van der Waals surface area contributed by atoms with E-state index >= 15 is 0 Å². The maximum absolute atomic E-state index is 12.8. The summed E-state index contributed by atoms with van der Waals surface area (Å²) in [6.45, 7) is 0. The minimum absolute atomic E-state index is 0.217. The van der Waals surface area contributed by atoms with Crippen LogP contribution < -0.4 is 5.73 Å². The van der Waals surface area contributed by atoms with E-state index < -0.39 is 11.7 Å². The molecule has 0 aliphatic heterocycles. The van der Waals surface area contributed by atoms with E-state index in [1.165, 1.54) is 18.2 Å². The van der Waals surface area contributed by atoms with Gasteiger partial charge in [-0.2, -0.15) is 0 Å². The summed E-state index contributed by atoms with van der Waals surface area (Å²) in [6, 6.07) is 3.76. The third-order valence-corrected chi connectivity index (χ3v) is 1.52. The Labute approximate surface area is 80.0 Å². The zero-order valence-electron chi connectivity index (χ0n) is 7.24. The van der Waals surface area contributed by atoms with Crippen molar-refractivity contribution < 1.29 is 14.0 Å². The maximum atomic E-state index is 12.8. The van der Waals surface area contributed by atoms with Crippen molar-refractivity contribution in [3.8, 4) is 0 Å². The van der Waals surface area contributed by atoms with E-state index in [2.05, 4.69) is 0 Å². The highest BCUT2D eigenvalue weighted by atomic mass is 19.1. The van der Waals surface area contributed by atoms with Crippen LogP contribution in [0.5, 0.6) is 0 Å². The predicted octanol–water partition coefficient (Wildman–Crippen LogP) is 1.14. The molecular weight excluding hydrogens is 185 g/mol. The number of carbonyl (C=O) groups excluding carboxylic acids is 2. The minimum Gasteiger partial charge on any atom is -0.366 e. The van der Waals surface area contributed by atoms with Crippen LogP contribution in [0.3, 0.4) is 0 Å². The fraction of sp³-hybridized carbons (Fsp3) is 0. The van der Waals surface area contributed by atoms with Crippen LogP contribution in [-0.2, 0) is 4.79 Å². The summed E-state index contributed by atoms with van der Waals surface area (Å²) < 4.78 is 12.8. The van der Waals surface area contributed by atoms with Gasteiger partial charge in [0.1, 0.15) is 12.1 Å². The van der Waals surface area contributed by atoms with Gasteiger partial charge in [-0.3, -0.25) is 9.59 Å². The molecule has 0 atom stereocenters. The molecule has 0 fully saturated rings. The quantitative estimate of drug-likeness (QED) is 0.578. The summed E-state index contributed by atoms with van der Waals surface area (Å²) in [5.74, 6) is -1.15. The highest BCUT2D eigenvalue weighted by Gasteiger charge is 1.97. The van der Waals surface area contributed by atoms with E-state index in [0.717, 1.165) is 12.1 Å². The van der Waals surface area contributed by atoms with Gasteiger partial charge >= 0.3 is 0 Å². The number of primary amides is 1. The van der Waals surface area contributed by atoms with Crippen molar-refractivity contribution in [2.75, 3.05) is 0 Å². The van der Waals surface area contributed by atoms with E-state index in [1.54, 1.807) is 0 Å². The van der Waals surface area contributed by atoms with Gasteiger partial charge in [-0.1, -0.05) is 0 Å². The second kappa shape index (κ2) is 4.32. The molecule has 72 valence electrons. The monoisotopic (exact) mass is 193 g/mol. The molecular formula is C10H8FNO2. The van der Waals surface area contributed by atoms with Crippen molar-refractivity contribution in [3.05, 3.63) is 41.2 Å². The van der Waals surface area contributed by atoms with E-state index in [9.17, 15) is 14.0 Å². The molecule has 14 heavy (non-hydrogen) atoms. The van der Waals surface area contributed by atoms with Crippen LogP contribution in [0.1, 0.15) is 15.9 Å². The van der Waals surface area contributed by atoms with Gasteiger partial charge in [0.15, 0.2) is 0 Å². The summed E-state index contributed by atoms with van der Waals surface area (Å²) in [6.07, 6.45) is 2.98. The van der Waals surface area contributed by atoms with E-state index in [4.69, 9.17) is 5.73 Å². The number of benzene rings is 1. The first-order chi connectivity index (χ1) is 6.61. The molecule has 0 spiro atoms. The molecule has 3 nitrogen and oxygen atoms in total.